The first-order chi connectivity index (χ1) is 9.76. The molecule has 0 saturated carbocycles. The van der Waals surface area contributed by atoms with Crippen LogP contribution in [0.2, 0.25) is 0 Å². The van der Waals surface area contributed by atoms with Gasteiger partial charge in [-0.15, -0.1) is 0 Å². The number of ether oxygens (including phenoxy) is 2. The van der Waals surface area contributed by atoms with Crippen molar-refractivity contribution in [2.45, 2.75) is 13.5 Å². The van der Waals surface area contributed by atoms with Crippen LogP contribution in [0.5, 0.6) is 5.75 Å². The molecule has 0 fully saturated rings. The minimum atomic E-state index is 0.385. The van der Waals surface area contributed by atoms with Gasteiger partial charge in [-0.1, -0.05) is 0 Å². The molecule has 2 aromatic heterocycles. The van der Waals surface area contributed by atoms with Crippen molar-refractivity contribution in [1.29, 1.82) is 0 Å². The zero-order chi connectivity index (χ0) is 14.4. The fourth-order valence-electron chi connectivity index (χ4n) is 1.70. The van der Waals surface area contributed by atoms with Crippen LogP contribution < -0.4 is 10.1 Å². The lowest BCUT2D eigenvalue weighted by molar-refractivity contribution is 0.128. The minimum absolute atomic E-state index is 0.385. The zero-order valence-electron chi connectivity index (χ0n) is 11.9. The summed E-state index contributed by atoms with van der Waals surface area (Å²) < 4.78 is 10.5. The average molecular weight is 274 g/mol. The van der Waals surface area contributed by atoms with E-state index < -0.39 is 0 Å². The van der Waals surface area contributed by atoms with Crippen LogP contribution in [0.3, 0.4) is 0 Å². The van der Waals surface area contributed by atoms with Gasteiger partial charge in [0, 0.05) is 31.5 Å². The highest BCUT2D eigenvalue weighted by Gasteiger charge is 2.07. The first-order valence-electron chi connectivity index (χ1n) is 6.39. The second-order valence-corrected chi connectivity index (χ2v) is 4.06. The topological polar surface area (TPSA) is 69.2 Å². The molecule has 0 saturated heterocycles. The predicted octanol–water partition coefficient (Wildman–Crippen LogP) is 2.13. The number of pyridine rings is 1. The molecule has 0 aromatic carbocycles. The Labute approximate surface area is 118 Å². The number of hydrogen-bond donors (Lipinski definition) is 1. The van der Waals surface area contributed by atoms with Crippen molar-refractivity contribution in [3.8, 4) is 17.0 Å². The molecule has 0 atom stereocenters. The molecule has 0 bridgehead atoms. The molecule has 0 amide bonds. The Morgan fingerprint density at radius 2 is 2.05 bits per heavy atom. The normalized spacial score (nSPS) is 10.3. The van der Waals surface area contributed by atoms with Crippen molar-refractivity contribution in [2.75, 3.05) is 26.1 Å². The van der Waals surface area contributed by atoms with Gasteiger partial charge in [0.15, 0.2) is 5.82 Å². The van der Waals surface area contributed by atoms with Crippen molar-refractivity contribution in [2.24, 2.45) is 0 Å². The van der Waals surface area contributed by atoms with E-state index in [0.717, 1.165) is 17.1 Å². The molecule has 0 aliphatic rings. The quantitative estimate of drug-likeness (QED) is 0.870. The molecule has 20 heavy (non-hydrogen) atoms. The molecule has 2 rings (SSSR count). The first-order valence-corrected chi connectivity index (χ1v) is 6.39. The minimum Gasteiger partial charge on any atom is -0.495 e. The lowest BCUT2D eigenvalue weighted by atomic mass is 10.2. The molecule has 6 nitrogen and oxygen atoms in total. The highest BCUT2D eigenvalue weighted by molar-refractivity contribution is 5.62. The number of hydrogen-bond acceptors (Lipinski definition) is 6. The molecule has 1 N–H and O–H groups in total. The molecule has 0 aliphatic carbocycles. The van der Waals surface area contributed by atoms with Crippen molar-refractivity contribution in [3.05, 3.63) is 30.4 Å². The third-order valence-corrected chi connectivity index (χ3v) is 2.71. The predicted molar refractivity (Wildman–Crippen MR) is 76.7 cm³/mol. The van der Waals surface area contributed by atoms with E-state index in [9.17, 15) is 0 Å². The molecular weight excluding hydrogens is 256 g/mol. The van der Waals surface area contributed by atoms with Gasteiger partial charge >= 0.3 is 0 Å². The van der Waals surface area contributed by atoms with Gasteiger partial charge < -0.3 is 14.8 Å². The van der Waals surface area contributed by atoms with Crippen molar-refractivity contribution < 1.29 is 9.47 Å². The number of methoxy groups -OCH3 is 1. The summed E-state index contributed by atoms with van der Waals surface area (Å²) in [5.41, 5.74) is 1.66. The molecule has 0 unspecified atom stereocenters. The summed E-state index contributed by atoms with van der Waals surface area (Å²) in [6.45, 7) is 2.95. The SMILES string of the molecule is CCOCc1nc(NC)cc(-c2cncc(OC)c2)n1. The van der Waals surface area contributed by atoms with Crippen LogP contribution in [-0.2, 0) is 11.3 Å². The monoisotopic (exact) mass is 274 g/mol. The van der Waals surface area contributed by atoms with Crippen LogP contribution in [0.15, 0.2) is 24.5 Å². The van der Waals surface area contributed by atoms with Crippen LogP contribution in [0.25, 0.3) is 11.3 Å². The summed E-state index contributed by atoms with van der Waals surface area (Å²) >= 11 is 0. The lowest BCUT2D eigenvalue weighted by Gasteiger charge is -2.08. The van der Waals surface area contributed by atoms with Gasteiger partial charge in [0.25, 0.3) is 0 Å². The Kier molecular flexibility index (Phi) is 4.84. The Hall–Kier alpha value is -2.21. The third-order valence-electron chi connectivity index (χ3n) is 2.71. The Morgan fingerprint density at radius 1 is 1.20 bits per heavy atom. The van der Waals surface area contributed by atoms with Gasteiger partial charge in [0.05, 0.1) is 19.0 Å². The van der Waals surface area contributed by atoms with E-state index in [1.165, 1.54) is 0 Å². The summed E-state index contributed by atoms with van der Waals surface area (Å²) in [7, 11) is 3.43. The van der Waals surface area contributed by atoms with E-state index in [0.29, 0.717) is 24.8 Å². The van der Waals surface area contributed by atoms with Gasteiger partial charge in [0.1, 0.15) is 18.2 Å². The third kappa shape index (κ3) is 3.42. The Balaban J connectivity index is 2.38. The van der Waals surface area contributed by atoms with Crippen molar-refractivity contribution in [3.63, 3.8) is 0 Å². The van der Waals surface area contributed by atoms with Crippen LogP contribution >= 0.6 is 0 Å². The summed E-state index contributed by atoms with van der Waals surface area (Å²) in [5, 5.41) is 3.02. The summed E-state index contributed by atoms with van der Waals surface area (Å²) in [6.07, 6.45) is 3.40. The molecule has 0 aliphatic heterocycles. The van der Waals surface area contributed by atoms with Crippen molar-refractivity contribution >= 4 is 5.82 Å². The Bertz CT molecular complexity index is 575. The summed E-state index contributed by atoms with van der Waals surface area (Å²) in [4.78, 5) is 13.0. The second-order valence-electron chi connectivity index (χ2n) is 4.06. The van der Waals surface area contributed by atoms with Crippen LogP contribution in [0.4, 0.5) is 5.82 Å². The Morgan fingerprint density at radius 3 is 2.75 bits per heavy atom. The fourth-order valence-corrected chi connectivity index (χ4v) is 1.70. The zero-order valence-corrected chi connectivity index (χ0v) is 11.9. The number of rotatable bonds is 6. The van der Waals surface area contributed by atoms with Crippen LogP contribution in [0, 0.1) is 0 Å². The number of aromatic nitrogens is 3. The van der Waals surface area contributed by atoms with E-state index in [-0.39, 0.29) is 0 Å². The van der Waals surface area contributed by atoms with Crippen LogP contribution in [0.1, 0.15) is 12.7 Å². The molecule has 2 aromatic rings. The van der Waals surface area contributed by atoms with E-state index in [1.807, 2.05) is 26.1 Å². The van der Waals surface area contributed by atoms with E-state index >= 15 is 0 Å². The summed E-state index contributed by atoms with van der Waals surface area (Å²) in [5.74, 6) is 2.07. The average Bonchev–Trinajstić information content (AvgIpc) is 2.52. The molecule has 0 radical (unpaired) electrons. The van der Waals surface area contributed by atoms with E-state index in [1.54, 1.807) is 19.5 Å². The number of nitrogens with one attached hydrogen (secondary N) is 1. The summed E-state index contributed by atoms with van der Waals surface area (Å²) in [6, 6.07) is 3.76. The van der Waals surface area contributed by atoms with Gasteiger partial charge in [-0.2, -0.15) is 0 Å². The second kappa shape index (κ2) is 6.81. The number of nitrogens with zero attached hydrogens (tertiary/aromatic N) is 3. The van der Waals surface area contributed by atoms with Gasteiger partial charge in [-0.05, 0) is 13.0 Å². The molecule has 106 valence electrons. The maximum absolute atomic E-state index is 5.36. The van der Waals surface area contributed by atoms with E-state index in [4.69, 9.17) is 9.47 Å². The molecule has 6 heteroatoms. The number of anilines is 1. The fraction of sp³-hybridized carbons (Fsp3) is 0.357. The maximum atomic E-state index is 5.36. The van der Waals surface area contributed by atoms with Gasteiger partial charge in [-0.3, -0.25) is 4.98 Å². The van der Waals surface area contributed by atoms with Crippen molar-refractivity contribution in [1.82, 2.24) is 15.0 Å². The lowest BCUT2D eigenvalue weighted by Crippen LogP contribution is -2.04. The molecule has 2 heterocycles. The van der Waals surface area contributed by atoms with Gasteiger partial charge in [0.2, 0.25) is 0 Å². The van der Waals surface area contributed by atoms with E-state index in [2.05, 4.69) is 20.3 Å². The molecule has 0 spiro atoms. The highest BCUT2D eigenvalue weighted by atomic mass is 16.5. The maximum Gasteiger partial charge on any atom is 0.157 e. The largest absolute Gasteiger partial charge is 0.495 e. The van der Waals surface area contributed by atoms with Crippen LogP contribution in [-0.4, -0.2) is 35.7 Å². The first kappa shape index (κ1) is 14.2. The smallest absolute Gasteiger partial charge is 0.157 e. The van der Waals surface area contributed by atoms with Gasteiger partial charge in [-0.25, -0.2) is 9.97 Å². The highest BCUT2D eigenvalue weighted by Crippen LogP contribution is 2.22. The molecular formula is C14H18N4O2. The standard InChI is InChI=1S/C14H18N4O2/c1-4-20-9-14-17-12(6-13(15-2)18-14)10-5-11(19-3)8-16-7-10/h5-8H,4,9H2,1-3H3,(H,15,17,18).